The number of nitrogens with zero attached hydrogens (tertiary/aromatic N) is 1. The van der Waals surface area contributed by atoms with Crippen LogP contribution in [0, 0.1) is 6.92 Å². The van der Waals surface area contributed by atoms with Crippen LogP contribution in [0.4, 0.5) is 13.2 Å². The summed E-state index contributed by atoms with van der Waals surface area (Å²) in [6, 6.07) is 1.38. The second kappa shape index (κ2) is 3.40. The van der Waals surface area contributed by atoms with Crippen LogP contribution in [0.15, 0.2) is 12.3 Å². The molecule has 0 bridgehead atoms. The van der Waals surface area contributed by atoms with E-state index in [1.807, 2.05) is 0 Å². The van der Waals surface area contributed by atoms with Crippen LogP contribution in [0.3, 0.4) is 0 Å². The van der Waals surface area contributed by atoms with Crippen molar-refractivity contribution < 1.29 is 17.9 Å². The van der Waals surface area contributed by atoms with Gasteiger partial charge < -0.3 is 4.74 Å². The molecule has 0 N–H and O–H groups in total. The Balaban J connectivity index is 2.21. The smallest absolute Gasteiger partial charge is 0.433 e. The predicted octanol–water partition coefficient (Wildman–Crippen LogP) is 2.95. The minimum Gasteiger partial charge on any atom is -0.489 e. The Labute approximate surface area is 85.1 Å². The summed E-state index contributed by atoms with van der Waals surface area (Å²) >= 11 is 0. The Bertz CT molecular complexity index is 371. The van der Waals surface area contributed by atoms with Crippen molar-refractivity contribution in [1.82, 2.24) is 4.98 Å². The van der Waals surface area contributed by atoms with Gasteiger partial charge in [-0.1, -0.05) is 0 Å². The van der Waals surface area contributed by atoms with Crippen molar-refractivity contribution in [2.24, 2.45) is 0 Å². The fourth-order valence-electron chi connectivity index (χ4n) is 1.29. The van der Waals surface area contributed by atoms with Crippen molar-refractivity contribution in [1.29, 1.82) is 0 Å². The number of hydrogen-bond acceptors (Lipinski definition) is 2. The van der Waals surface area contributed by atoms with Gasteiger partial charge >= 0.3 is 6.18 Å². The van der Waals surface area contributed by atoms with E-state index >= 15 is 0 Å². The van der Waals surface area contributed by atoms with E-state index in [0.29, 0.717) is 5.75 Å². The van der Waals surface area contributed by atoms with E-state index in [1.54, 1.807) is 0 Å². The molecular weight excluding hydrogens is 207 g/mol. The van der Waals surface area contributed by atoms with E-state index in [0.717, 1.165) is 19.0 Å². The summed E-state index contributed by atoms with van der Waals surface area (Å²) < 4.78 is 42.4. The van der Waals surface area contributed by atoms with Gasteiger partial charge in [0, 0.05) is 0 Å². The van der Waals surface area contributed by atoms with Gasteiger partial charge in [-0.15, -0.1) is 0 Å². The third kappa shape index (κ3) is 2.40. The molecule has 1 saturated carbocycles. The predicted molar refractivity (Wildman–Crippen MR) is 47.6 cm³/mol. The Hall–Kier alpha value is -1.26. The van der Waals surface area contributed by atoms with Gasteiger partial charge in [-0.25, -0.2) is 4.98 Å². The summed E-state index contributed by atoms with van der Waals surface area (Å²) in [7, 11) is 0. The fraction of sp³-hybridized carbons (Fsp3) is 0.500. The molecule has 2 nitrogen and oxygen atoms in total. The lowest BCUT2D eigenvalue weighted by atomic mass is 10.2. The number of alkyl halides is 3. The van der Waals surface area contributed by atoms with Crippen LogP contribution in [-0.4, -0.2) is 11.1 Å². The van der Waals surface area contributed by atoms with E-state index in [1.165, 1.54) is 13.0 Å². The molecule has 0 saturated heterocycles. The average molecular weight is 217 g/mol. The summed E-state index contributed by atoms with van der Waals surface area (Å²) in [5.74, 6) is 0.419. The number of ether oxygens (including phenoxy) is 1. The van der Waals surface area contributed by atoms with Gasteiger partial charge in [-0.05, 0) is 31.4 Å². The third-order valence-electron chi connectivity index (χ3n) is 2.15. The molecular formula is C10H10F3NO. The quantitative estimate of drug-likeness (QED) is 0.759. The zero-order valence-electron chi connectivity index (χ0n) is 8.14. The minimum absolute atomic E-state index is 0.0978. The van der Waals surface area contributed by atoms with Gasteiger partial charge in [-0.2, -0.15) is 13.2 Å². The molecule has 1 aliphatic carbocycles. The molecule has 1 fully saturated rings. The van der Waals surface area contributed by atoms with Crippen molar-refractivity contribution in [2.45, 2.75) is 32.0 Å². The lowest BCUT2D eigenvalue weighted by Gasteiger charge is -2.10. The maximum Gasteiger partial charge on any atom is 0.433 e. The summed E-state index contributed by atoms with van der Waals surface area (Å²) in [6.45, 7) is 1.38. The van der Waals surface area contributed by atoms with Crippen molar-refractivity contribution in [3.8, 4) is 5.75 Å². The van der Waals surface area contributed by atoms with Crippen molar-refractivity contribution in [2.75, 3.05) is 0 Å². The molecule has 1 aromatic rings. The SMILES string of the molecule is Cc1cc(OC2CC2)cnc1C(F)(F)F. The van der Waals surface area contributed by atoms with Crippen LogP contribution < -0.4 is 4.74 Å². The summed E-state index contributed by atoms with van der Waals surface area (Å²) in [4.78, 5) is 3.38. The number of rotatable bonds is 2. The number of halogens is 3. The zero-order valence-corrected chi connectivity index (χ0v) is 8.14. The summed E-state index contributed by atoms with van der Waals surface area (Å²) in [5, 5.41) is 0. The molecule has 0 unspecified atom stereocenters. The van der Waals surface area contributed by atoms with E-state index in [-0.39, 0.29) is 11.7 Å². The van der Waals surface area contributed by atoms with Gasteiger partial charge in [0.15, 0.2) is 0 Å². The monoisotopic (exact) mass is 217 g/mol. The summed E-state index contributed by atoms with van der Waals surface area (Å²) in [5.41, 5.74) is -0.744. The Morgan fingerprint density at radius 3 is 2.53 bits per heavy atom. The highest BCUT2D eigenvalue weighted by Crippen LogP contribution is 2.32. The van der Waals surface area contributed by atoms with Crippen LogP contribution in [0.1, 0.15) is 24.1 Å². The molecule has 15 heavy (non-hydrogen) atoms. The number of hydrogen-bond donors (Lipinski definition) is 0. The first kappa shape index (κ1) is 10.3. The van der Waals surface area contributed by atoms with Crippen LogP contribution in [0.5, 0.6) is 5.75 Å². The average Bonchev–Trinajstić information content (AvgIpc) is 2.85. The van der Waals surface area contributed by atoms with Crippen molar-refractivity contribution >= 4 is 0 Å². The van der Waals surface area contributed by atoms with Gasteiger partial charge in [0.25, 0.3) is 0 Å². The fourth-order valence-corrected chi connectivity index (χ4v) is 1.29. The van der Waals surface area contributed by atoms with Gasteiger partial charge in [0.05, 0.1) is 12.3 Å². The van der Waals surface area contributed by atoms with Crippen molar-refractivity contribution in [3.63, 3.8) is 0 Å². The Morgan fingerprint density at radius 1 is 1.40 bits per heavy atom. The highest BCUT2D eigenvalue weighted by molar-refractivity contribution is 5.30. The minimum atomic E-state index is -4.39. The molecule has 0 radical (unpaired) electrons. The first-order valence-electron chi connectivity index (χ1n) is 4.67. The lowest BCUT2D eigenvalue weighted by Crippen LogP contribution is -2.10. The molecule has 0 aromatic carbocycles. The largest absolute Gasteiger partial charge is 0.489 e. The zero-order chi connectivity index (χ0) is 11.1. The van der Waals surface area contributed by atoms with Crippen LogP contribution in [-0.2, 0) is 6.18 Å². The number of aromatic nitrogens is 1. The van der Waals surface area contributed by atoms with Gasteiger partial charge in [0.2, 0.25) is 0 Å². The standard InChI is InChI=1S/C10H10F3NO/c1-6-4-8(15-7-2-3-7)5-14-9(6)10(11,12)13/h4-5,7H,2-3H2,1H3. The highest BCUT2D eigenvalue weighted by Gasteiger charge is 2.34. The Morgan fingerprint density at radius 2 is 2.07 bits per heavy atom. The molecule has 2 rings (SSSR count). The first-order valence-corrected chi connectivity index (χ1v) is 4.67. The van der Waals surface area contributed by atoms with E-state index in [4.69, 9.17) is 4.74 Å². The highest BCUT2D eigenvalue weighted by atomic mass is 19.4. The van der Waals surface area contributed by atoms with Crippen molar-refractivity contribution in [3.05, 3.63) is 23.5 Å². The maximum atomic E-state index is 12.4. The second-order valence-corrected chi connectivity index (χ2v) is 3.65. The molecule has 0 amide bonds. The topological polar surface area (TPSA) is 22.1 Å². The van der Waals surface area contributed by atoms with Crippen LogP contribution >= 0.6 is 0 Å². The third-order valence-corrected chi connectivity index (χ3v) is 2.15. The molecule has 0 atom stereocenters. The molecule has 1 aromatic heterocycles. The molecule has 1 heterocycles. The first-order chi connectivity index (χ1) is 6.97. The van der Waals surface area contributed by atoms with Gasteiger partial charge in [-0.3, -0.25) is 0 Å². The molecule has 5 heteroatoms. The molecule has 1 aliphatic rings. The van der Waals surface area contributed by atoms with Crippen LogP contribution in [0.2, 0.25) is 0 Å². The normalized spacial score (nSPS) is 16.5. The number of pyridine rings is 1. The van der Waals surface area contributed by atoms with E-state index in [2.05, 4.69) is 4.98 Å². The summed E-state index contributed by atoms with van der Waals surface area (Å²) in [6.07, 6.45) is -1.14. The number of aryl methyl sites for hydroxylation is 1. The van der Waals surface area contributed by atoms with Crippen LogP contribution in [0.25, 0.3) is 0 Å². The van der Waals surface area contributed by atoms with Gasteiger partial charge in [0.1, 0.15) is 11.4 Å². The molecule has 82 valence electrons. The Kier molecular flexibility index (Phi) is 2.32. The molecule has 0 aliphatic heterocycles. The maximum absolute atomic E-state index is 12.4. The lowest BCUT2D eigenvalue weighted by molar-refractivity contribution is -0.141. The second-order valence-electron chi connectivity index (χ2n) is 3.65. The van der Waals surface area contributed by atoms with E-state index < -0.39 is 11.9 Å². The molecule has 0 spiro atoms. The van der Waals surface area contributed by atoms with E-state index in [9.17, 15) is 13.2 Å².